The number of pyridine rings is 1. The number of aromatic nitrogens is 1. The quantitative estimate of drug-likeness (QED) is 0.679. The summed E-state index contributed by atoms with van der Waals surface area (Å²) < 4.78 is 0. The van der Waals surface area contributed by atoms with E-state index in [0.29, 0.717) is 0 Å². The fourth-order valence-corrected chi connectivity index (χ4v) is 1.70. The van der Waals surface area contributed by atoms with E-state index >= 15 is 0 Å². The summed E-state index contributed by atoms with van der Waals surface area (Å²) in [5.74, 6) is 0. The Kier molecular flexibility index (Phi) is 2.55. The standard InChI is InChI=1S/C14H15N/c1-10-6-7-13(9-11(10)2)14-5-4-8-15-12(14)3/h4-9H,1-3H3. The van der Waals surface area contributed by atoms with Crippen molar-refractivity contribution in [1.29, 1.82) is 0 Å². The summed E-state index contributed by atoms with van der Waals surface area (Å²) in [5, 5.41) is 0. The Balaban J connectivity index is 2.55. The van der Waals surface area contributed by atoms with Crippen molar-refractivity contribution in [2.24, 2.45) is 0 Å². The molecule has 1 heteroatoms. The van der Waals surface area contributed by atoms with E-state index in [1.165, 1.54) is 22.3 Å². The molecule has 0 N–H and O–H groups in total. The molecule has 0 bridgehead atoms. The summed E-state index contributed by atoms with van der Waals surface area (Å²) in [5.41, 5.74) is 6.22. The molecule has 0 radical (unpaired) electrons. The molecule has 0 aliphatic carbocycles. The average Bonchev–Trinajstić information content (AvgIpc) is 2.23. The number of nitrogens with zero attached hydrogens (tertiary/aromatic N) is 1. The molecule has 1 nitrogen and oxygen atoms in total. The van der Waals surface area contributed by atoms with E-state index in [-0.39, 0.29) is 0 Å². The van der Waals surface area contributed by atoms with Gasteiger partial charge in [-0.15, -0.1) is 0 Å². The fraction of sp³-hybridized carbons (Fsp3) is 0.214. The Morgan fingerprint density at radius 2 is 1.73 bits per heavy atom. The number of aryl methyl sites for hydroxylation is 3. The van der Waals surface area contributed by atoms with Crippen molar-refractivity contribution in [2.75, 3.05) is 0 Å². The highest BCUT2D eigenvalue weighted by Crippen LogP contribution is 2.23. The van der Waals surface area contributed by atoms with Gasteiger partial charge in [0, 0.05) is 17.5 Å². The molecule has 2 rings (SSSR count). The third-order valence-electron chi connectivity index (χ3n) is 2.82. The largest absolute Gasteiger partial charge is 0.261 e. The van der Waals surface area contributed by atoms with Gasteiger partial charge in [0.05, 0.1) is 0 Å². The molecule has 76 valence electrons. The lowest BCUT2D eigenvalue weighted by Gasteiger charge is -2.07. The Hall–Kier alpha value is -1.63. The third-order valence-corrected chi connectivity index (χ3v) is 2.82. The molecule has 0 atom stereocenters. The maximum atomic E-state index is 4.31. The maximum Gasteiger partial charge on any atom is 0.0450 e. The molecule has 0 saturated heterocycles. The zero-order chi connectivity index (χ0) is 10.8. The maximum absolute atomic E-state index is 4.31. The average molecular weight is 197 g/mol. The molecule has 1 aromatic carbocycles. The van der Waals surface area contributed by atoms with E-state index in [9.17, 15) is 0 Å². The molecule has 0 unspecified atom stereocenters. The van der Waals surface area contributed by atoms with Crippen LogP contribution in [0, 0.1) is 20.8 Å². The van der Waals surface area contributed by atoms with Gasteiger partial charge in [-0.2, -0.15) is 0 Å². The van der Waals surface area contributed by atoms with Gasteiger partial charge in [0.1, 0.15) is 0 Å². The van der Waals surface area contributed by atoms with Crippen molar-refractivity contribution in [3.8, 4) is 11.1 Å². The fourth-order valence-electron chi connectivity index (χ4n) is 1.70. The van der Waals surface area contributed by atoms with E-state index in [0.717, 1.165) is 5.69 Å². The van der Waals surface area contributed by atoms with Crippen LogP contribution in [0.3, 0.4) is 0 Å². The van der Waals surface area contributed by atoms with Gasteiger partial charge in [-0.3, -0.25) is 4.98 Å². The Morgan fingerprint density at radius 1 is 0.933 bits per heavy atom. The van der Waals surface area contributed by atoms with Crippen molar-refractivity contribution in [3.05, 3.63) is 53.3 Å². The van der Waals surface area contributed by atoms with E-state index in [2.05, 4.69) is 43.1 Å². The van der Waals surface area contributed by atoms with E-state index in [1.54, 1.807) is 0 Å². The second kappa shape index (κ2) is 3.85. The van der Waals surface area contributed by atoms with Crippen molar-refractivity contribution in [1.82, 2.24) is 4.98 Å². The highest BCUT2D eigenvalue weighted by molar-refractivity contribution is 5.66. The van der Waals surface area contributed by atoms with Crippen LogP contribution in [0.4, 0.5) is 0 Å². The van der Waals surface area contributed by atoms with Gasteiger partial charge in [0.25, 0.3) is 0 Å². The molecular weight excluding hydrogens is 182 g/mol. The van der Waals surface area contributed by atoms with Crippen LogP contribution in [-0.2, 0) is 0 Å². The molecule has 1 heterocycles. The molecule has 1 aromatic heterocycles. The smallest absolute Gasteiger partial charge is 0.0450 e. The first-order valence-electron chi connectivity index (χ1n) is 5.18. The van der Waals surface area contributed by atoms with Crippen LogP contribution in [0.25, 0.3) is 11.1 Å². The summed E-state index contributed by atoms with van der Waals surface area (Å²) in [6, 6.07) is 10.6. The lowest BCUT2D eigenvalue weighted by molar-refractivity contribution is 1.20. The molecule has 0 spiro atoms. The van der Waals surface area contributed by atoms with Gasteiger partial charge in [-0.1, -0.05) is 24.3 Å². The van der Waals surface area contributed by atoms with Crippen LogP contribution in [0.2, 0.25) is 0 Å². The monoisotopic (exact) mass is 197 g/mol. The molecule has 15 heavy (non-hydrogen) atoms. The van der Waals surface area contributed by atoms with E-state index in [1.807, 2.05) is 19.2 Å². The number of rotatable bonds is 1. The molecule has 0 aliphatic rings. The van der Waals surface area contributed by atoms with Crippen LogP contribution in [-0.4, -0.2) is 4.98 Å². The van der Waals surface area contributed by atoms with Gasteiger partial charge in [0.2, 0.25) is 0 Å². The lowest BCUT2D eigenvalue weighted by Crippen LogP contribution is -1.88. The van der Waals surface area contributed by atoms with Gasteiger partial charge in [0.15, 0.2) is 0 Å². The SMILES string of the molecule is Cc1ccc(-c2cccnc2C)cc1C. The molecule has 0 fully saturated rings. The summed E-state index contributed by atoms with van der Waals surface area (Å²) in [6.07, 6.45) is 1.83. The van der Waals surface area contributed by atoms with Crippen molar-refractivity contribution >= 4 is 0 Å². The number of benzene rings is 1. The van der Waals surface area contributed by atoms with Gasteiger partial charge >= 0.3 is 0 Å². The Bertz CT molecular complexity index is 486. The normalized spacial score (nSPS) is 10.3. The predicted molar refractivity (Wildman–Crippen MR) is 63.9 cm³/mol. The summed E-state index contributed by atoms with van der Waals surface area (Å²) in [4.78, 5) is 4.31. The Morgan fingerprint density at radius 3 is 2.40 bits per heavy atom. The topological polar surface area (TPSA) is 12.9 Å². The van der Waals surface area contributed by atoms with Crippen LogP contribution in [0.1, 0.15) is 16.8 Å². The molecule has 0 amide bonds. The predicted octanol–water partition coefficient (Wildman–Crippen LogP) is 3.67. The Labute approximate surface area is 90.8 Å². The highest BCUT2D eigenvalue weighted by Gasteiger charge is 2.02. The first kappa shape index (κ1) is 9.91. The zero-order valence-corrected chi connectivity index (χ0v) is 9.41. The van der Waals surface area contributed by atoms with Crippen molar-refractivity contribution in [2.45, 2.75) is 20.8 Å². The first-order valence-corrected chi connectivity index (χ1v) is 5.18. The van der Waals surface area contributed by atoms with Gasteiger partial charge in [-0.05, 0) is 43.5 Å². The minimum atomic E-state index is 1.08. The van der Waals surface area contributed by atoms with E-state index in [4.69, 9.17) is 0 Å². The third kappa shape index (κ3) is 1.91. The number of hydrogen-bond acceptors (Lipinski definition) is 1. The second-order valence-electron chi connectivity index (χ2n) is 3.94. The molecule has 0 aliphatic heterocycles. The number of hydrogen-bond donors (Lipinski definition) is 0. The van der Waals surface area contributed by atoms with Crippen molar-refractivity contribution < 1.29 is 0 Å². The lowest BCUT2D eigenvalue weighted by atomic mass is 10.00. The van der Waals surface area contributed by atoms with Crippen LogP contribution < -0.4 is 0 Å². The summed E-state index contributed by atoms with van der Waals surface area (Å²) >= 11 is 0. The first-order chi connectivity index (χ1) is 7.18. The van der Waals surface area contributed by atoms with Crippen molar-refractivity contribution in [3.63, 3.8) is 0 Å². The minimum Gasteiger partial charge on any atom is -0.261 e. The van der Waals surface area contributed by atoms with Gasteiger partial charge < -0.3 is 0 Å². The molecule has 0 saturated carbocycles. The zero-order valence-electron chi connectivity index (χ0n) is 9.41. The molecular formula is C14H15N. The van der Waals surface area contributed by atoms with Crippen LogP contribution in [0.5, 0.6) is 0 Å². The minimum absolute atomic E-state index is 1.08. The molecule has 2 aromatic rings. The van der Waals surface area contributed by atoms with Crippen LogP contribution in [0.15, 0.2) is 36.5 Å². The van der Waals surface area contributed by atoms with Crippen LogP contribution >= 0.6 is 0 Å². The highest BCUT2D eigenvalue weighted by atomic mass is 14.7. The summed E-state index contributed by atoms with van der Waals surface area (Å²) in [6.45, 7) is 6.32. The van der Waals surface area contributed by atoms with Gasteiger partial charge in [-0.25, -0.2) is 0 Å². The second-order valence-corrected chi connectivity index (χ2v) is 3.94. The van der Waals surface area contributed by atoms with E-state index < -0.39 is 0 Å². The summed E-state index contributed by atoms with van der Waals surface area (Å²) in [7, 11) is 0.